The SMILES string of the molecule is Cc1ccc(F)cc1NC(=O)c1cccc(CN2CCCC2=O)c1. The van der Waals surface area contributed by atoms with Crippen LogP contribution in [0.3, 0.4) is 0 Å². The van der Waals surface area contributed by atoms with Gasteiger partial charge in [-0.3, -0.25) is 9.59 Å². The molecule has 1 aliphatic heterocycles. The van der Waals surface area contributed by atoms with E-state index in [1.54, 1.807) is 29.2 Å². The standard InChI is InChI=1S/C19H19FN2O2/c1-13-7-8-16(20)11-17(13)21-19(24)15-5-2-4-14(10-15)12-22-9-3-6-18(22)23/h2,4-5,7-8,10-11H,3,6,9,12H2,1H3,(H,21,24). The summed E-state index contributed by atoms with van der Waals surface area (Å²) in [5.41, 5.74) is 2.65. The van der Waals surface area contributed by atoms with Gasteiger partial charge in [0.2, 0.25) is 5.91 Å². The average Bonchev–Trinajstić information content (AvgIpc) is 2.96. The largest absolute Gasteiger partial charge is 0.338 e. The molecule has 0 unspecified atom stereocenters. The van der Waals surface area contributed by atoms with Crippen LogP contribution in [0.2, 0.25) is 0 Å². The molecule has 0 spiro atoms. The molecule has 1 fully saturated rings. The van der Waals surface area contributed by atoms with Crippen LogP contribution in [0.15, 0.2) is 42.5 Å². The number of carbonyl (C=O) groups is 2. The fraction of sp³-hybridized carbons (Fsp3) is 0.263. The number of hydrogen-bond acceptors (Lipinski definition) is 2. The summed E-state index contributed by atoms with van der Waals surface area (Å²) >= 11 is 0. The maximum absolute atomic E-state index is 13.3. The normalized spacial score (nSPS) is 14.1. The highest BCUT2D eigenvalue weighted by Crippen LogP contribution is 2.19. The number of carbonyl (C=O) groups excluding carboxylic acids is 2. The Morgan fingerprint density at radius 1 is 1.25 bits per heavy atom. The van der Waals surface area contributed by atoms with E-state index in [9.17, 15) is 14.0 Å². The summed E-state index contributed by atoms with van der Waals surface area (Å²) in [5, 5.41) is 2.74. The molecular weight excluding hydrogens is 307 g/mol. The molecule has 1 saturated heterocycles. The second kappa shape index (κ2) is 6.83. The van der Waals surface area contributed by atoms with Gasteiger partial charge < -0.3 is 10.2 Å². The van der Waals surface area contributed by atoms with Gasteiger partial charge >= 0.3 is 0 Å². The number of rotatable bonds is 4. The number of aryl methyl sites for hydroxylation is 1. The highest BCUT2D eigenvalue weighted by Gasteiger charge is 2.20. The van der Waals surface area contributed by atoms with E-state index < -0.39 is 5.82 Å². The molecule has 24 heavy (non-hydrogen) atoms. The van der Waals surface area contributed by atoms with Crippen molar-refractivity contribution in [3.63, 3.8) is 0 Å². The smallest absolute Gasteiger partial charge is 0.255 e. The maximum atomic E-state index is 13.3. The third-order valence-electron chi connectivity index (χ3n) is 4.18. The molecule has 0 aliphatic carbocycles. The molecule has 4 nitrogen and oxygen atoms in total. The first-order chi connectivity index (χ1) is 11.5. The number of benzene rings is 2. The van der Waals surface area contributed by atoms with E-state index in [-0.39, 0.29) is 11.8 Å². The molecule has 124 valence electrons. The van der Waals surface area contributed by atoms with E-state index in [0.717, 1.165) is 24.1 Å². The fourth-order valence-corrected chi connectivity index (χ4v) is 2.83. The Hall–Kier alpha value is -2.69. The number of hydrogen-bond donors (Lipinski definition) is 1. The van der Waals surface area contributed by atoms with Crippen molar-refractivity contribution in [3.8, 4) is 0 Å². The maximum Gasteiger partial charge on any atom is 0.255 e. The van der Waals surface area contributed by atoms with E-state index >= 15 is 0 Å². The number of anilines is 1. The third-order valence-corrected chi connectivity index (χ3v) is 4.18. The van der Waals surface area contributed by atoms with Gasteiger partial charge in [0, 0.05) is 30.8 Å². The van der Waals surface area contributed by atoms with Crippen LogP contribution in [0, 0.1) is 12.7 Å². The molecule has 1 heterocycles. The van der Waals surface area contributed by atoms with Crippen molar-refractivity contribution in [2.45, 2.75) is 26.3 Å². The lowest BCUT2D eigenvalue weighted by atomic mass is 10.1. The Morgan fingerprint density at radius 3 is 2.83 bits per heavy atom. The minimum absolute atomic E-state index is 0.153. The lowest BCUT2D eigenvalue weighted by Gasteiger charge is -2.16. The molecule has 1 N–H and O–H groups in total. The lowest BCUT2D eigenvalue weighted by molar-refractivity contribution is -0.128. The van der Waals surface area contributed by atoms with Gasteiger partial charge in [0.05, 0.1) is 0 Å². The molecule has 0 aromatic heterocycles. The highest BCUT2D eigenvalue weighted by molar-refractivity contribution is 6.04. The van der Waals surface area contributed by atoms with E-state index in [1.807, 2.05) is 13.0 Å². The predicted molar refractivity (Wildman–Crippen MR) is 90.2 cm³/mol. The highest BCUT2D eigenvalue weighted by atomic mass is 19.1. The van der Waals surface area contributed by atoms with Crippen molar-refractivity contribution in [3.05, 3.63) is 65.0 Å². The quantitative estimate of drug-likeness (QED) is 0.935. The molecule has 1 aliphatic rings. The van der Waals surface area contributed by atoms with Crippen molar-refractivity contribution >= 4 is 17.5 Å². The first-order valence-electron chi connectivity index (χ1n) is 7.97. The van der Waals surface area contributed by atoms with E-state index in [4.69, 9.17) is 0 Å². The Balaban J connectivity index is 1.74. The predicted octanol–water partition coefficient (Wildman–Crippen LogP) is 3.51. The lowest BCUT2D eigenvalue weighted by Crippen LogP contribution is -2.24. The van der Waals surface area contributed by atoms with Gasteiger partial charge in [-0.15, -0.1) is 0 Å². The average molecular weight is 326 g/mol. The van der Waals surface area contributed by atoms with Crippen LogP contribution in [0.25, 0.3) is 0 Å². The van der Waals surface area contributed by atoms with Crippen molar-refractivity contribution in [2.24, 2.45) is 0 Å². The van der Waals surface area contributed by atoms with Crippen molar-refractivity contribution in [2.75, 3.05) is 11.9 Å². The first-order valence-corrected chi connectivity index (χ1v) is 7.97. The summed E-state index contributed by atoms with van der Waals surface area (Å²) in [4.78, 5) is 25.9. The van der Waals surface area contributed by atoms with E-state index in [2.05, 4.69) is 5.32 Å². The van der Waals surface area contributed by atoms with Crippen LogP contribution in [0.1, 0.15) is 34.3 Å². The first kappa shape index (κ1) is 16.2. The molecule has 2 aromatic carbocycles. The van der Waals surface area contributed by atoms with Gasteiger partial charge in [-0.25, -0.2) is 4.39 Å². The summed E-state index contributed by atoms with van der Waals surface area (Å²) in [5.74, 6) is -0.532. The van der Waals surface area contributed by atoms with Gasteiger partial charge in [0.15, 0.2) is 0 Å². The monoisotopic (exact) mass is 326 g/mol. The van der Waals surface area contributed by atoms with Gasteiger partial charge in [-0.05, 0) is 48.7 Å². The number of nitrogens with zero attached hydrogens (tertiary/aromatic N) is 1. The van der Waals surface area contributed by atoms with Crippen LogP contribution < -0.4 is 5.32 Å². The zero-order chi connectivity index (χ0) is 17.1. The molecule has 0 radical (unpaired) electrons. The summed E-state index contributed by atoms with van der Waals surface area (Å²) in [7, 11) is 0. The molecule has 0 atom stereocenters. The molecule has 0 saturated carbocycles. The minimum Gasteiger partial charge on any atom is -0.338 e. The van der Waals surface area contributed by atoms with Gasteiger partial charge in [0.1, 0.15) is 5.82 Å². The Morgan fingerprint density at radius 2 is 2.08 bits per heavy atom. The van der Waals surface area contributed by atoms with Crippen LogP contribution >= 0.6 is 0 Å². The van der Waals surface area contributed by atoms with Crippen molar-refractivity contribution < 1.29 is 14.0 Å². The zero-order valence-electron chi connectivity index (χ0n) is 13.5. The zero-order valence-corrected chi connectivity index (χ0v) is 13.5. The number of halogens is 1. The topological polar surface area (TPSA) is 49.4 Å². The molecule has 3 rings (SSSR count). The van der Waals surface area contributed by atoms with E-state index in [1.165, 1.54) is 12.1 Å². The minimum atomic E-state index is -0.391. The molecule has 2 aromatic rings. The molecule has 2 amide bonds. The number of likely N-dealkylation sites (tertiary alicyclic amines) is 1. The van der Waals surface area contributed by atoms with Gasteiger partial charge in [-0.2, -0.15) is 0 Å². The van der Waals surface area contributed by atoms with Crippen LogP contribution in [0.5, 0.6) is 0 Å². The fourth-order valence-electron chi connectivity index (χ4n) is 2.83. The Kier molecular flexibility index (Phi) is 4.60. The van der Waals surface area contributed by atoms with Gasteiger partial charge in [-0.1, -0.05) is 18.2 Å². The summed E-state index contributed by atoms with van der Waals surface area (Å²) in [6.45, 7) is 3.08. The van der Waals surface area contributed by atoms with Crippen molar-refractivity contribution in [1.82, 2.24) is 4.90 Å². The summed E-state index contributed by atoms with van der Waals surface area (Å²) < 4.78 is 13.3. The van der Waals surface area contributed by atoms with E-state index in [0.29, 0.717) is 24.2 Å². The second-order valence-electron chi connectivity index (χ2n) is 6.03. The second-order valence-corrected chi connectivity index (χ2v) is 6.03. The third kappa shape index (κ3) is 3.62. The number of nitrogens with one attached hydrogen (secondary N) is 1. The molecule has 5 heteroatoms. The summed E-state index contributed by atoms with van der Waals surface area (Å²) in [6.07, 6.45) is 1.48. The summed E-state index contributed by atoms with van der Waals surface area (Å²) in [6, 6.07) is 11.5. The Labute approximate surface area is 140 Å². The van der Waals surface area contributed by atoms with Crippen LogP contribution in [-0.2, 0) is 11.3 Å². The Bertz CT molecular complexity index is 789. The van der Waals surface area contributed by atoms with Crippen molar-refractivity contribution in [1.29, 1.82) is 0 Å². The van der Waals surface area contributed by atoms with Crippen LogP contribution in [0.4, 0.5) is 10.1 Å². The molecule has 0 bridgehead atoms. The molecular formula is C19H19FN2O2. The number of amides is 2. The van der Waals surface area contributed by atoms with Crippen LogP contribution in [-0.4, -0.2) is 23.3 Å². The van der Waals surface area contributed by atoms with Gasteiger partial charge in [0.25, 0.3) is 5.91 Å².